The highest BCUT2D eigenvalue weighted by Crippen LogP contribution is 2.26. The van der Waals surface area contributed by atoms with E-state index < -0.39 is 0 Å². The molecule has 0 aliphatic rings. The van der Waals surface area contributed by atoms with Crippen LogP contribution in [0.1, 0.15) is 0 Å². The Bertz CT molecular complexity index is 481. The third-order valence-corrected chi connectivity index (χ3v) is 2.62. The first-order valence-corrected chi connectivity index (χ1v) is 5.04. The number of hydrogen-bond donors (Lipinski definition) is 1. The summed E-state index contributed by atoms with van der Waals surface area (Å²) in [6.45, 7) is 1.14. The van der Waals surface area contributed by atoms with Gasteiger partial charge in [0, 0.05) is 11.9 Å². The Balaban J connectivity index is 2.56. The maximum Gasteiger partial charge on any atom is 0.135 e. The first-order valence-electron chi connectivity index (χ1n) is 4.66. The molecule has 4 nitrogen and oxygen atoms in total. The monoisotopic (exact) mass is 225 g/mol. The molecular weight excluding hydrogens is 214 g/mol. The van der Waals surface area contributed by atoms with Crippen LogP contribution in [0.4, 0.5) is 0 Å². The van der Waals surface area contributed by atoms with Crippen molar-refractivity contribution in [3.63, 3.8) is 0 Å². The van der Waals surface area contributed by atoms with Gasteiger partial charge in [-0.3, -0.25) is 4.68 Å². The van der Waals surface area contributed by atoms with Crippen molar-refractivity contribution in [3.8, 4) is 5.75 Å². The molecular formula is C10H12ClN3O. The SMILES string of the molecule is COc1ccc2nn(CCN)c(Cl)c2c1. The summed E-state index contributed by atoms with van der Waals surface area (Å²) < 4.78 is 6.83. The second kappa shape index (κ2) is 4.08. The van der Waals surface area contributed by atoms with Gasteiger partial charge in [-0.2, -0.15) is 5.10 Å². The quantitative estimate of drug-likeness (QED) is 0.865. The minimum absolute atomic E-state index is 0.519. The second-order valence-corrected chi connectivity index (χ2v) is 3.54. The predicted octanol–water partition coefficient (Wildman–Crippen LogP) is 1.66. The first kappa shape index (κ1) is 10.3. The fourth-order valence-corrected chi connectivity index (χ4v) is 1.75. The first-order chi connectivity index (χ1) is 7.26. The second-order valence-electron chi connectivity index (χ2n) is 3.19. The van der Waals surface area contributed by atoms with E-state index in [1.807, 2.05) is 18.2 Å². The molecule has 0 atom stereocenters. The van der Waals surface area contributed by atoms with Gasteiger partial charge in [0.25, 0.3) is 0 Å². The molecule has 0 bridgehead atoms. The lowest BCUT2D eigenvalue weighted by Crippen LogP contribution is -2.10. The fourth-order valence-electron chi connectivity index (χ4n) is 1.48. The Labute approximate surface area is 92.6 Å². The molecule has 1 aromatic heterocycles. The van der Waals surface area contributed by atoms with Crippen LogP contribution in [0, 0.1) is 0 Å². The van der Waals surface area contributed by atoms with Crippen LogP contribution in [0.25, 0.3) is 10.9 Å². The highest BCUT2D eigenvalue weighted by molar-refractivity contribution is 6.34. The molecule has 0 unspecified atom stereocenters. The van der Waals surface area contributed by atoms with Gasteiger partial charge in [-0.25, -0.2) is 0 Å². The highest BCUT2D eigenvalue weighted by atomic mass is 35.5. The van der Waals surface area contributed by atoms with Crippen molar-refractivity contribution >= 4 is 22.5 Å². The zero-order valence-corrected chi connectivity index (χ0v) is 9.16. The van der Waals surface area contributed by atoms with Crippen LogP contribution in [-0.2, 0) is 6.54 Å². The average molecular weight is 226 g/mol. The highest BCUT2D eigenvalue weighted by Gasteiger charge is 2.09. The Hall–Kier alpha value is -1.26. The number of hydrogen-bond acceptors (Lipinski definition) is 3. The summed E-state index contributed by atoms with van der Waals surface area (Å²) in [5.74, 6) is 0.775. The lowest BCUT2D eigenvalue weighted by molar-refractivity contribution is 0.415. The van der Waals surface area contributed by atoms with Crippen molar-refractivity contribution in [3.05, 3.63) is 23.4 Å². The normalized spacial score (nSPS) is 10.9. The minimum atomic E-state index is 0.519. The van der Waals surface area contributed by atoms with Gasteiger partial charge in [0.1, 0.15) is 10.9 Å². The molecule has 80 valence electrons. The van der Waals surface area contributed by atoms with Crippen LogP contribution in [0.2, 0.25) is 5.15 Å². The van der Waals surface area contributed by atoms with Crippen LogP contribution < -0.4 is 10.5 Å². The molecule has 2 N–H and O–H groups in total. The summed E-state index contributed by atoms with van der Waals surface area (Å²) in [4.78, 5) is 0. The molecule has 2 aromatic rings. The molecule has 0 spiro atoms. The van der Waals surface area contributed by atoms with Gasteiger partial charge in [-0.05, 0) is 18.2 Å². The molecule has 0 saturated carbocycles. The topological polar surface area (TPSA) is 53.1 Å². The van der Waals surface area contributed by atoms with Gasteiger partial charge < -0.3 is 10.5 Å². The van der Waals surface area contributed by atoms with E-state index in [4.69, 9.17) is 22.1 Å². The summed E-state index contributed by atoms with van der Waals surface area (Å²) in [5.41, 5.74) is 6.32. The third-order valence-electron chi connectivity index (χ3n) is 2.22. The number of ether oxygens (including phenoxy) is 1. The molecule has 0 aliphatic carbocycles. The number of methoxy groups -OCH3 is 1. The van der Waals surface area contributed by atoms with E-state index in [1.54, 1.807) is 11.8 Å². The maximum atomic E-state index is 6.15. The lowest BCUT2D eigenvalue weighted by Gasteiger charge is -1.98. The van der Waals surface area contributed by atoms with Gasteiger partial charge in [-0.15, -0.1) is 0 Å². The van der Waals surface area contributed by atoms with E-state index in [2.05, 4.69) is 5.10 Å². The van der Waals surface area contributed by atoms with Gasteiger partial charge >= 0.3 is 0 Å². The molecule has 0 aliphatic heterocycles. The van der Waals surface area contributed by atoms with Crippen LogP contribution in [-0.4, -0.2) is 23.4 Å². The molecule has 0 fully saturated rings. The minimum Gasteiger partial charge on any atom is -0.497 e. The molecule has 1 heterocycles. The van der Waals surface area contributed by atoms with E-state index in [1.165, 1.54) is 0 Å². The Kier molecular flexibility index (Phi) is 2.79. The molecule has 0 amide bonds. The summed E-state index contributed by atoms with van der Waals surface area (Å²) in [5, 5.41) is 5.83. The number of rotatable bonds is 3. The molecule has 0 saturated heterocycles. The molecule has 15 heavy (non-hydrogen) atoms. The van der Waals surface area contributed by atoms with Crippen molar-refractivity contribution in [2.24, 2.45) is 5.73 Å². The summed E-state index contributed by atoms with van der Waals surface area (Å²) in [7, 11) is 1.62. The number of aromatic nitrogens is 2. The zero-order chi connectivity index (χ0) is 10.8. The number of nitrogens with two attached hydrogens (primary N) is 1. The van der Waals surface area contributed by atoms with Crippen molar-refractivity contribution in [1.29, 1.82) is 0 Å². The van der Waals surface area contributed by atoms with E-state index in [0.29, 0.717) is 18.2 Å². The number of nitrogens with zero attached hydrogens (tertiary/aromatic N) is 2. The summed E-state index contributed by atoms with van der Waals surface area (Å²) >= 11 is 6.15. The molecule has 0 radical (unpaired) electrons. The lowest BCUT2D eigenvalue weighted by atomic mass is 10.2. The van der Waals surface area contributed by atoms with Crippen LogP contribution in [0.3, 0.4) is 0 Å². The molecule has 5 heteroatoms. The predicted molar refractivity (Wildman–Crippen MR) is 60.3 cm³/mol. The van der Waals surface area contributed by atoms with Crippen molar-refractivity contribution in [1.82, 2.24) is 9.78 Å². The van der Waals surface area contributed by atoms with Crippen molar-refractivity contribution in [2.75, 3.05) is 13.7 Å². The van der Waals surface area contributed by atoms with Gasteiger partial charge in [0.05, 0.1) is 19.2 Å². The largest absolute Gasteiger partial charge is 0.497 e. The zero-order valence-electron chi connectivity index (χ0n) is 8.40. The molecule has 1 aromatic carbocycles. The molecule has 2 rings (SSSR count). The third kappa shape index (κ3) is 1.78. The van der Waals surface area contributed by atoms with Crippen molar-refractivity contribution in [2.45, 2.75) is 6.54 Å². The van der Waals surface area contributed by atoms with Crippen LogP contribution in [0.5, 0.6) is 5.75 Å². The number of benzene rings is 1. The smallest absolute Gasteiger partial charge is 0.135 e. The summed E-state index contributed by atoms with van der Waals surface area (Å²) in [6.07, 6.45) is 0. The fraction of sp³-hybridized carbons (Fsp3) is 0.300. The maximum absolute atomic E-state index is 6.15. The average Bonchev–Trinajstić information content (AvgIpc) is 2.56. The van der Waals surface area contributed by atoms with E-state index in [0.717, 1.165) is 16.7 Å². The van der Waals surface area contributed by atoms with Crippen LogP contribution >= 0.6 is 11.6 Å². The van der Waals surface area contributed by atoms with Crippen molar-refractivity contribution < 1.29 is 4.74 Å². The Morgan fingerprint density at radius 2 is 2.33 bits per heavy atom. The van der Waals surface area contributed by atoms with Gasteiger partial charge in [0.15, 0.2) is 0 Å². The van der Waals surface area contributed by atoms with E-state index in [-0.39, 0.29) is 0 Å². The number of halogens is 1. The standard InChI is InChI=1S/C10H12ClN3O/c1-15-7-2-3-9-8(6-7)10(11)14(13-9)5-4-12/h2-3,6H,4-5,12H2,1H3. The van der Waals surface area contributed by atoms with Gasteiger partial charge in [0.2, 0.25) is 0 Å². The summed E-state index contributed by atoms with van der Waals surface area (Å²) in [6, 6.07) is 5.61. The van der Waals surface area contributed by atoms with E-state index in [9.17, 15) is 0 Å². The Morgan fingerprint density at radius 3 is 3.00 bits per heavy atom. The Morgan fingerprint density at radius 1 is 1.53 bits per heavy atom. The van der Waals surface area contributed by atoms with E-state index >= 15 is 0 Å². The number of fused-ring (bicyclic) bond motifs is 1. The van der Waals surface area contributed by atoms with Gasteiger partial charge in [-0.1, -0.05) is 11.6 Å². The van der Waals surface area contributed by atoms with Crippen LogP contribution in [0.15, 0.2) is 18.2 Å².